The van der Waals surface area contributed by atoms with Crippen LogP contribution in [0.1, 0.15) is 40.2 Å². The zero-order valence-electron chi connectivity index (χ0n) is 23.7. The molecule has 0 unspecified atom stereocenters. The van der Waals surface area contributed by atoms with Crippen LogP contribution in [0.4, 0.5) is 4.39 Å². The third kappa shape index (κ3) is 5.43. The number of ether oxygens (including phenoxy) is 2. The van der Waals surface area contributed by atoms with Crippen LogP contribution in [-0.2, 0) is 14.3 Å². The molecule has 44 heavy (non-hydrogen) atoms. The van der Waals surface area contributed by atoms with Crippen molar-refractivity contribution in [3.05, 3.63) is 145 Å². The number of carbonyl (C=O) groups excluding carboxylic acids is 2. The Bertz CT molecular complexity index is 2090. The van der Waals surface area contributed by atoms with Crippen LogP contribution in [0, 0.1) is 5.82 Å². The molecule has 3 aromatic carbocycles. The molecule has 5 aromatic rings. The summed E-state index contributed by atoms with van der Waals surface area (Å²) < 4.78 is 32.0. The molecular weight excluding hydrogens is 583 g/mol. The Morgan fingerprint density at radius 3 is 2.45 bits per heavy atom. The van der Waals surface area contributed by atoms with Gasteiger partial charge in [-0.15, -0.1) is 0 Å². The number of rotatable bonds is 7. The summed E-state index contributed by atoms with van der Waals surface area (Å²) in [5, 5.41) is 0. The third-order valence-corrected chi connectivity index (χ3v) is 8.01. The number of benzene rings is 3. The van der Waals surface area contributed by atoms with E-state index in [1.165, 1.54) is 23.8 Å². The van der Waals surface area contributed by atoms with Gasteiger partial charge in [0.25, 0.3) is 5.56 Å². The molecule has 3 heterocycles. The van der Waals surface area contributed by atoms with Crippen LogP contribution >= 0.6 is 11.3 Å². The smallest absolute Gasteiger partial charge is 0.338 e. The van der Waals surface area contributed by atoms with Gasteiger partial charge in [0.2, 0.25) is 0 Å². The topological polar surface area (TPSA) is 100 Å². The number of furan rings is 1. The highest BCUT2D eigenvalue weighted by Gasteiger charge is 2.35. The fourth-order valence-corrected chi connectivity index (χ4v) is 6.01. The number of esters is 2. The predicted octanol–water partition coefficient (Wildman–Crippen LogP) is 5.12. The van der Waals surface area contributed by atoms with E-state index in [1.807, 2.05) is 30.3 Å². The zero-order valence-corrected chi connectivity index (χ0v) is 24.5. The van der Waals surface area contributed by atoms with E-state index >= 15 is 0 Å². The number of nitrogens with zero attached hydrogens (tertiary/aromatic N) is 2. The maximum Gasteiger partial charge on any atom is 0.338 e. The van der Waals surface area contributed by atoms with Gasteiger partial charge in [0.15, 0.2) is 4.80 Å². The van der Waals surface area contributed by atoms with E-state index < -0.39 is 29.4 Å². The minimum absolute atomic E-state index is 0.119. The molecule has 2 aromatic heterocycles. The monoisotopic (exact) mass is 608 g/mol. The minimum atomic E-state index is -0.920. The summed E-state index contributed by atoms with van der Waals surface area (Å²) in [6.45, 7) is 1.82. The number of fused-ring (bicyclic) bond motifs is 1. The molecule has 0 spiro atoms. The first-order valence-corrected chi connectivity index (χ1v) is 14.5. The average Bonchev–Trinajstić information content (AvgIpc) is 3.65. The van der Waals surface area contributed by atoms with Crippen molar-refractivity contribution >= 4 is 35.0 Å². The molecule has 220 valence electrons. The number of aromatic nitrogens is 1. The van der Waals surface area contributed by atoms with Gasteiger partial charge >= 0.3 is 11.9 Å². The van der Waals surface area contributed by atoms with Crippen LogP contribution < -0.4 is 14.9 Å². The van der Waals surface area contributed by atoms with Crippen molar-refractivity contribution in [1.29, 1.82) is 0 Å². The Morgan fingerprint density at radius 1 is 0.977 bits per heavy atom. The van der Waals surface area contributed by atoms with Gasteiger partial charge < -0.3 is 13.9 Å². The van der Waals surface area contributed by atoms with Crippen molar-refractivity contribution in [2.24, 2.45) is 4.99 Å². The predicted molar refractivity (Wildman–Crippen MR) is 163 cm³/mol. The standard InChI is InChI=1S/C34H25FN2O6S/c1-3-42-33(40)28-29(20-8-5-4-6-9-20)36-34-37(30(28)21-12-14-24(35)15-13-21)31(38)27(44-34)19-25-16-17-26(43-25)22-10-7-11-23(18-22)32(39)41-2/h4-19,30H,3H2,1-2H3/b27-19-/t30-/m1/s1. The van der Waals surface area contributed by atoms with Crippen molar-refractivity contribution < 1.29 is 27.9 Å². The molecule has 0 fully saturated rings. The van der Waals surface area contributed by atoms with Crippen LogP contribution in [0.25, 0.3) is 23.1 Å². The lowest BCUT2D eigenvalue weighted by atomic mass is 9.93. The normalized spacial score (nSPS) is 14.6. The van der Waals surface area contributed by atoms with Crippen molar-refractivity contribution in [3.63, 3.8) is 0 Å². The summed E-state index contributed by atoms with van der Waals surface area (Å²) in [6, 6.07) is 24.2. The lowest BCUT2D eigenvalue weighted by Crippen LogP contribution is -2.40. The second-order valence-corrected chi connectivity index (χ2v) is 10.8. The molecule has 0 aliphatic carbocycles. The second kappa shape index (κ2) is 12.1. The summed E-state index contributed by atoms with van der Waals surface area (Å²) in [5.41, 5.74) is 2.39. The first-order chi connectivity index (χ1) is 21.4. The number of halogens is 1. The maximum absolute atomic E-state index is 14.0. The van der Waals surface area contributed by atoms with E-state index in [4.69, 9.17) is 18.9 Å². The number of thiazole rings is 1. The highest BCUT2D eigenvalue weighted by atomic mass is 32.1. The van der Waals surface area contributed by atoms with E-state index in [0.717, 1.165) is 11.3 Å². The Balaban J connectivity index is 1.52. The van der Waals surface area contributed by atoms with Gasteiger partial charge in [-0.1, -0.05) is 65.9 Å². The van der Waals surface area contributed by atoms with E-state index in [1.54, 1.807) is 61.5 Å². The highest BCUT2D eigenvalue weighted by molar-refractivity contribution is 7.07. The van der Waals surface area contributed by atoms with E-state index in [9.17, 15) is 18.8 Å². The third-order valence-electron chi connectivity index (χ3n) is 7.03. The van der Waals surface area contributed by atoms with E-state index in [2.05, 4.69) is 0 Å². The van der Waals surface area contributed by atoms with Gasteiger partial charge in [-0.3, -0.25) is 9.36 Å². The SMILES string of the molecule is CCOC(=O)C1=C(c2ccccc2)N=c2s/c(=C\c3ccc(-c4cccc(C(=O)OC)c4)o3)c(=O)n2[C@@H]1c1ccc(F)cc1. The molecule has 0 saturated heterocycles. The molecular formula is C34H25FN2O6S. The zero-order chi connectivity index (χ0) is 30.8. The fourth-order valence-electron chi connectivity index (χ4n) is 5.03. The largest absolute Gasteiger partial charge is 0.465 e. The van der Waals surface area contributed by atoms with Gasteiger partial charge in [0.1, 0.15) is 17.3 Å². The van der Waals surface area contributed by atoms with Crippen molar-refractivity contribution in [2.45, 2.75) is 13.0 Å². The van der Waals surface area contributed by atoms with Crippen molar-refractivity contribution in [1.82, 2.24) is 4.57 Å². The number of hydrogen-bond acceptors (Lipinski definition) is 8. The Kier molecular flexibility index (Phi) is 7.91. The fraction of sp³-hybridized carbons (Fsp3) is 0.118. The summed E-state index contributed by atoms with van der Waals surface area (Å²) in [7, 11) is 1.31. The quantitative estimate of drug-likeness (QED) is 0.238. The summed E-state index contributed by atoms with van der Waals surface area (Å²) in [6.07, 6.45) is 1.61. The molecule has 0 amide bonds. The van der Waals surface area contributed by atoms with E-state index in [0.29, 0.717) is 48.8 Å². The van der Waals surface area contributed by atoms with Crippen molar-refractivity contribution in [3.8, 4) is 11.3 Å². The van der Waals surface area contributed by atoms with E-state index in [-0.39, 0.29) is 12.2 Å². The van der Waals surface area contributed by atoms with Gasteiger partial charge in [-0.05, 0) is 48.9 Å². The Labute approximate surface area is 254 Å². The number of methoxy groups -OCH3 is 1. The van der Waals surface area contributed by atoms with Gasteiger partial charge in [0.05, 0.1) is 41.1 Å². The van der Waals surface area contributed by atoms with Crippen molar-refractivity contribution in [2.75, 3.05) is 13.7 Å². The summed E-state index contributed by atoms with van der Waals surface area (Å²) in [4.78, 5) is 44.6. The highest BCUT2D eigenvalue weighted by Crippen LogP contribution is 2.35. The minimum Gasteiger partial charge on any atom is -0.465 e. The first kappa shape index (κ1) is 28.8. The lowest BCUT2D eigenvalue weighted by Gasteiger charge is -2.25. The molecule has 6 rings (SSSR count). The molecule has 1 aliphatic heterocycles. The van der Waals surface area contributed by atoms with Gasteiger partial charge in [0, 0.05) is 17.2 Å². The van der Waals surface area contributed by atoms with Gasteiger partial charge in [-0.2, -0.15) is 0 Å². The number of carbonyl (C=O) groups is 2. The molecule has 0 radical (unpaired) electrons. The Morgan fingerprint density at radius 2 is 1.73 bits per heavy atom. The Hall–Kier alpha value is -5.35. The van der Waals surface area contributed by atoms with Gasteiger partial charge in [-0.25, -0.2) is 19.0 Å². The first-order valence-electron chi connectivity index (χ1n) is 13.7. The van der Waals surface area contributed by atoms with Crippen LogP contribution in [0.5, 0.6) is 0 Å². The van der Waals surface area contributed by atoms with Crippen LogP contribution in [0.2, 0.25) is 0 Å². The molecule has 1 atom stereocenters. The second-order valence-electron chi connectivity index (χ2n) is 9.76. The van der Waals surface area contributed by atoms with Crippen LogP contribution in [0.3, 0.4) is 0 Å². The van der Waals surface area contributed by atoms with Crippen LogP contribution in [-0.4, -0.2) is 30.2 Å². The van der Waals surface area contributed by atoms with Crippen LogP contribution in [0.15, 0.2) is 111 Å². The maximum atomic E-state index is 14.0. The molecule has 10 heteroatoms. The molecule has 0 saturated carbocycles. The molecule has 0 bridgehead atoms. The average molecular weight is 609 g/mol. The lowest BCUT2D eigenvalue weighted by molar-refractivity contribution is -0.138. The summed E-state index contributed by atoms with van der Waals surface area (Å²) in [5.74, 6) is -0.636. The molecule has 8 nitrogen and oxygen atoms in total. The number of hydrogen-bond donors (Lipinski definition) is 0. The summed E-state index contributed by atoms with van der Waals surface area (Å²) >= 11 is 1.14. The molecule has 1 aliphatic rings. The molecule has 0 N–H and O–H groups in total.